The van der Waals surface area contributed by atoms with Gasteiger partial charge in [0.25, 0.3) is 0 Å². The highest BCUT2D eigenvalue weighted by molar-refractivity contribution is 4.76. The lowest BCUT2D eigenvalue weighted by Gasteiger charge is -2.30. The average molecular weight is 213 g/mol. The van der Waals surface area contributed by atoms with Crippen molar-refractivity contribution >= 4 is 0 Å². The molecule has 2 atom stereocenters. The van der Waals surface area contributed by atoms with E-state index in [0.29, 0.717) is 6.04 Å². The first-order chi connectivity index (χ1) is 7.27. The van der Waals surface area contributed by atoms with Crippen LogP contribution in [-0.4, -0.2) is 26.3 Å². The molecule has 1 heterocycles. The van der Waals surface area contributed by atoms with Crippen molar-refractivity contribution in [1.29, 1.82) is 0 Å². The van der Waals surface area contributed by atoms with Crippen LogP contribution in [0, 0.1) is 11.8 Å². The second-order valence-electron chi connectivity index (χ2n) is 4.95. The SMILES string of the molecule is CCCC(C)C(CC1CCOCC1)NC. The van der Waals surface area contributed by atoms with E-state index in [-0.39, 0.29) is 0 Å². The van der Waals surface area contributed by atoms with Gasteiger partial charge in [0.1, 0.15) is 0 Å². The maximum absolute atomic E-state index is 5.40. The Kier molecular flexibility index (Phi) is 6.26. The Bertz CT molecular complexity index is 155. The standard InChI is InChI=1S/C13H27NO/c1-4-5-11(2)13(14-3)10-12-6-8-15-9-7-12/h11-14H,4-10H2,1-3H3. The fraction of sp³-hybridized carbons (Fsp3) is 1.00. The zero-order valence-electron chi connectivity index (χ0n) is 10.6. The lowest BCUT2D eigenvalue weighted by atomic mass is 9.86. The molecule has 0 spiro atoms. The molecule has 15 heavy (non-hydrogen) atoms. The van der Waals surface area contributed by atoms with Gasteiger partial charge in [-0.05, 0) is 44.6 Å². The Hall–Kier alpha value is -0.0800. The number of hydrogen-bond donors (Lipinski definition) is 1. The minimum atomic E-state index is 0.702. The second-order valence-corrected chi connectivity index (χ2v) is 4.95. The van der Waals surface area contributed by atoms with E-state index in [2.05, 4.69) is 26.2 Å². The van der Waals surface area contributed by atoms with E-state index < -0.39 is 0 Å². The molecule has 1 fully saturated rings. The van der Waals surface area contributed by atoms with Crippen LogP contribution in [-0.2, 0) is 4.74 Å². The summed E-state index contributed by atoms with van der Waals surface area (Å²) in [4.78, 5) is 0. The summed E-state index contributed by atoms with van der Waals surface area (Å²) in [5.41, 5.74) is 0. The van der Waals surface area contributed by atoms with Gasteiger partial charge in [-0.3, -0.25) is 0 Å². The number of ether oxygens (including phenoxy) is 1. The molecular formula is C13H27NO. The van der Waals surface area contributed by atoms with Gasteiger partial charge in [0.2, 0.25) is 0 Å². The Labute approximate surface area is 94.8 Å². The third-order valence-electron chi connectivity index (χ3n) is 3.73. The van der Waals surface area contributed by atoms with Crippen LogP contribution >= 0.6 is 0 Å². The highest BCUT2D eigenvalue weighted by atomic mass is 16.5. The summed E-state index contributed by atoms with van der Waals surface area (Å²) in [6, 6.07) is 0.702. The van der Waals surface area contributed by atoms with Crippen molar-refractivity contribution in [3.63, 3.8) is 0 Å². The number of rotatable bonds is 6. The first-order valence-electron chi connectivity index (χ1n) is 6.53. The molecule has 1 aliphatic heterocycles. The van der Waals surface area contributed by atoms with Gasteiger partial charge in [-0.1, -0.05) is 20.3 Å². The van der Waals surface area contributed by atoms with E-state index in [1.54, 1.807) is 0 Å². The van der Waals surface area contributed by atoms with Gasteiger partial charge in [0, 0.05) is 19.3 Å². The molecule has 0 aliphatic carbocycles. The van der Waals surface area contributed by atoms with E-state index in [1.165, 1.54) is 32.1 Å². The molecule has 0 bridgehead atoms. The van der Waals surface area contributed by atoms with Gasteiger partial charge in [-0.15, -0.1) is 0 Å². The zero-order valence-corrected chi connectivity index (χ0v) is 10.6. The molecule has 2 heteroatoms. The molecule has 0 aromatic rings. The van der Waals surface area contributed by atoms with Crippen LogP contribution in [0.25, 0.3) is 0 Å². The topological polar surface area (TPSA) is 21.3 Å². The van der Waals surface area contributed by atoms with Crippen molar-refractivity contribution in [2.24, 2.45) is 11.8 Å². The van der Waals surface area contributed by atoms with Crippen molar-refractivity contribution in [3.05, 3.63) is 0 Å². The van der Waals surface area contributed by atoms with Crippen LogP contribution in [0.2, 0.25) is 0 Å². The molecule has 0 amide bonds. The van der Waals surface area contributed by atoms with E-state index in [4.69, 9.17) is 4.74 Å². The molecule has 0 radical (unpaired) electrons. The highest BCUT2D eigenvalue weighted by Crippen LogP contribution is 2.24. The van der Waals surface area contributed by atoms with Crippen molar-refractivity contribution in [3.8, 4) is 0 Å². The lowest BCUT2D eigenvalue weighted by molar-refractivity contribution is 0.0584. The average Bonchev–Trinajstić information content (AvgIpc) is 2.27. The molecule has 0 aromatic carbocycles. The summed E-state index contributed by atoms with van der Waals surface area (Å²) < 4.78 is 5.40. The van der Waals surface area contributed by atoms with Crippen molar-refractivity contribution in [1.82, 2.24) is 5.32 Å². The molecule has 2 unspecified atom stereocenters. The third kappa shape index (κ3) is 4.52. The molecule has 90 valence electrons. The van der Waals surface area contributed by atoms with Crippen LogP contribution < -0.4 is 5.32 Å². The number of hydrogen-bond acceptors (Lipinski definition) is 2. The fourth-order valence-corrected chi connectivity index (χ4v) is 2.63. The maximum atomic E-state index is 5.40. The minimum absolute atomic E-state index is 0.702. The van der Waals surface area contributed by atoms with Crippen molar-refractivity contribution in [2.45, 2.75) is 52.0 Å². The van der Waals surface area contributed by atoms with Gasteiger partial charge in [0.15, 0.2) is 0 Å². The largest absolute Gasteiger partial charge is 0.381 e. The molecule has 1 rings (SSSR count). The molecule has 1 saturated heterocycles. The van der Waals surface area contributed by atoms with E-state index >= 15 is 0 Å². The van der Waals surface area contributed by atoms with Gasteiger partial charge < -0.3 is 10.1 Å². The van der Waals surface area contributed by atoms with Gasteiger partial charge in [-0.25, -0.2) is 0 Å². The first-order valence-corrected chi connectivity index (χ1v) is 6.53. The summed E-state index contributed by atoms with van der Waals surface area (Å²) in [5, 5.41) is 3.49. The Morgan fingerprint density at radius 3 is 2.53 bits per heavy atom. The maximum Gasteiger partial charge on any atom is 0.0468 e. The molecular weight excluding hydrogens is 186 g/mol. The van der Waals surface area contributed by atoms with Gasteiger partial charge in [-0.2, -0.15) is 0 Å². The Morgan fingerprint density at radius 1 is 1.33 bits per heavy atom. The number of nitrogens with one attached hydrogen (secondary N) is 1. The van der Waals surface area contributed by atoms with E-state index in [0.717, 1.165) is 25.0 Å². The monoisotopic (exact) mass is 213 g/mol. The van der Waals surface area contributed by atoms with Crippen molar-refractivity contribution < 1.29 is 4.74 Å². The predicted molar refractivity (Wildman–Crippen MR) is 65.1 cm³/mol. The Balaban J connectivity index is 2.30. The fourth-order valence-electron chi connectivity index (χ4n) is 2.63. The summed E-state index contributed by atoms with van der Waals surface area (Å²) in [6.45, 7) is 6.61. The third-order valence-corrected chi connectivity index (χ3v) is 3.73. The molecule has 1 N–H and O–H groups in total. The summed E-state index contributed by atoms with van der Waals surface area (Å²) >= 11 is 0. The van der Waals surface area contributed by atoms with E-state index in [1.807, 2.05) is 0 Å². The summed E-state index contributed by atoms with van der Waals surface area (Å²) in [6.07, 6.45) is 6.50. The second kappa shape index (κ2) is 7.24. The molecule has 2 nitrogen and oxygen atoms in total. The smallest absolute Gasteiger partial charge is 0.0468 e. The van der Waals surface area contributed by atoms with Crippen LogP contribution in [0.4, 0.5) is 0 Å². The van der Waals surface area contributed by atoms with E-state index in [9.17, 15) is 0 Å². The lowest BCUT2D eigenvalue weighted by Crippen LogP contribution is -2.35. The summed E-state index contributed by atoms with van der Waals surface area (Å²) in [7, 11) is 2.11. The predicted octanol–water partition coefficient (Wildman–Crippen LogP) is 2.83. The van der Waals surface area contributed by atoms with Gasteiger partial charge >= 0.3 is 0 Å². The van der Waals surface area contributed by atoms with Gasteiger partial charge in [0.05, 0.1) is 0 Å². The van der Waals surface area contributed by atoms with Crippen LogP contribution in [0.15, 0.2) is 0 Å². The minimum Gasteiger partial charge on any atom is -0.381 e. The normalized spacial score (nSPS) is 22.6. The molecule has 1 aliphatic rings. The van der Waals surface area contributed by atoms with Crippen molar-refractivity contribution in [2.75, 3.05) is 20.3 Å². The van der Waals surface area contributed by atoms with Crippen LogP contribution in [0.1, 0.15) is 46.0 Å². The van der Waals surface area contributed by atoms with Crippen LogP contribution in [0.5, 0.6) is 0 Å². The first kappa shape index (κ1) is 13.0. The quantitative estimate of drug-likeness (QED) is 0.732. The Morgan fingerprint density at radius 2 is 2.00 bits per heavy atom. The highest BCUT2D eigenvalue weighted by Gasteiger charge is 2.21. The molecule has 0 saturated carbocycles. The molecule has 0 aromatic heterocycles. The zero-order chi connectivity index (χ0) is 11.1. The van der Waals surface area contributed by atoms with Crippen LogP contribution in [0.3, 0.4) is 0 Å². The summed E-state index contributed by atoms with van der Waals surface area (Å²) in [5.74, 6) is 1.69.